The fraction of sp³-hybridized carbons (Fsp3) is 0.556. The molecule has 3 nitrogen and oxygen atoms in total. The standard InChI is InChI=1S/C27H34BNO2/c1-2-22(1)14-28(15-26-18-30-26)24-9-5-20(6-10-24)13-21-7-11-25(12-8-21)29(16-23-3-4-23)17-27-19-31-27/h5-12,22-23,26-27H,1-4,13-19H2. The average Bonchev–Trinajstić information content (AvgIpc) is 3.63. The SMILES string of the molecule is c1cc(B(CC2CC2)CC2CO2)ccc1Cc1ccc(N(CC2CC2)CC2CO2)cc1. The Kier molecular flexibility index (Phi) is 5.54. The molecule has 4 fully saturated rings. The van der Waals surface area contributed by atoms with E-state index in [1.165, 1.54) is 67.1 Å². The maximum Gasteiger partial charge on any atom is 0.178 e. The quantitative estimate of drug-likeness (QED) is 0.380. The van der Waals surface area contributed by atoms with Gasteiger partial charge in [-0.3, -0.25) is 0 Å². The lowest BCUT2D eigenvalue weighted by Crippen LogP contribution is -2.31. The molecule has 0 radical (unpaired) electrons. The fourth-order valence-corrected chi connectivity index (χ4v) is 4.93. The van der Waals surface area contributed by atoms with Gasteiger partial charge in [-0.25, -0.2) is 0 Å². The summed E-state index contributed by atoms with van der Waals surface area (Å²) in [6, 6.07) is 18.7. The van der Waals surface area contributed by atoms with Crippen molar-refractivity contribution in [2.24, 2.45) is 11.8 Å². The van der Waals surface area contributed by atoms with Crippen LogP contribution in [0.1, 0.15) is 36.8 Å². The van der Waals surface area contributed by atoms with Gasteiger partial charge in [0.1, 0.15) is 0 Å². The van der Waals surface area contributed by atoms with Crippen molar-refractivity contribution in [1.29, 1.82) is 0 Å². The third-order valence-corrected chi connectivity index (χ3v) is 7.43. The lowest BCUT2D eigenvalue weighted by molar-refractivity contribution is 0.406. The predicted octanol–water partition coefficient (Wildman–Crippen LogP) is 4.40. The molecule has 0 N–H and O–H groups in total. The highest BCUT2D eigenvalue weighted by Gasteiger charge is 2.34. The molecular formula is C27H34BNO2. The monoisotopic (exact) mass is 415 g/mol. The van der Waals surface area contributed by atoms with Crippen molar-refractivity contribution in [2.45, 2.75) is 57.0 Å². The average molecular weight is 415 g/mol. The van der Waals surface area contributed by atoms with E-state index in [1.807, 2.05) is 0 Å². The molecule has 0 amide bonds. The highest BCUT2D eigenvalue weighted by molar-refractivity contribution is 6.73. The fourth-order valence-electron chi connectivity index (χ4n) is 4.93. The van der Waals surface area contributed by atoms with Gasteiger partial charge in [0.05, 0.1) is 25.4 Å². The maximum atomic E-state index is 5.53. The van der Waals surface area contributed by atoms with Crippen LogP contribution in [0.2, 0.25) is 12.6 Å². The molecule has 4 aliphatic rings. The Morgan fingerprint density at radius 1 is 0.710 bits per heavy atom. The summed E-state index contributed by atoms with van der Waals surface area (Å²) in [5.41, 5.74) is 5.67. The van der Waals surface area contributed by atoms with Crippen LogP contribution in [0, 0.1) is 11.8 Å². The zero-order valence-electron chi connectivity index (χ0n) is 18.5. The van der Waals surface area contributed by atoms with Crippen LogP contribution in [-0.4, -0.2) is 45.2 Å². The minimum Gasteiger partial charge on any atom is -0.374 e. The van der Waals surface area contributed by atoms with E-state index in [4.69, 9.17) is 9.47 Å². The van der Waals surface area contributed by atoms with Gasteiger partial charge >= 0.3 is 0 Å². The van der Waals surface area contributed by atoms with Crippen LogP contribution in [-0.2, 0) is 15.9 Å². The summed E-state index contributed by atoms with van der Waals surface area (Å²) in [4.78, 5) is 2.54. The molecule has 6 rings (SSSR count). The molecule has 0 spiro atoms. The highest BCUT2D eigenvalue weighted by Crippen LogP contribution is 2.36. The molecule has 2 saturated heterocycles. The van der Waals surface area contributed by atoms with E-state index in [0.29, 0.717) is 18.9 Å². The number of benzene rings is 2. The minimum absolute atomic E-state index is 0.451. The number of epoxide rings is 2. The van der Waals surface area contributed by atoms with Gasteiger partial charge in [-0.15, -0.1) is 0 Å². The summed E-state index contributed by atoms with van der Waals surface area (Å²) >= 11 is 0. The van der Waals surface area contributed by atoms with Gasteiger partial charge in [0.2, 0.25) is 0 Å². The van der Waals surface area contributed by atoms with E-state index >= 15 is 0 Å². The van der Waals surface area contributed by atoms with Crippen LogP contribution in [0.15, 0.2) is 48.5 Å². The predicted molar refractivity (Wildman–Crippen MR) is 128 cm³/mol. The Hall–Kier alpha value is -1.78. The molecule has 162 valence electrons. The second kappa shape index (κ2) is 8.63. The summed E-state index contributed by atoms with van der Waals surface area (Å²) in [7, 11) is 0. The summed E-state index contributed by atoms with van der Waals surface area (Å²) in [5, 5.41) is 0. The van der Waals surface area contributed by atoms with Gasteiger partial charge in [-0.1, -0.05) is 61.0 Å². The van der Waals surface area contributed by atoms with Crippen LogP contribution in [0.3, 0.4) is 0 Å². The molecule has 2 heterocycles. The van der Waals surface area contributed by atoms with Crippen LogP contribution in [0.25, 0.3) is 0 Å². The Bertz CT molecular complexity index is 766. The van der Waals surface area contributed by atoms with Crippen LogP contribution < -0.4 is 10.4 Å². The molecular weight excluding hydrogens is 381 g/mol. The molecule has 2 atom stereocenters. The van der Waals surface area contributed by atoms with E-state index in [0.717, 1.165) is 38.0 Å². The first-order valence-electron chi connectivity index (χ1n) is 12.4. The first kappa shape index (κ1) is 19.9. The maximum absolute atomic E-state index is 5.53. The number of hydrogen-bond acceptors (Lipinski definition) is 3. The second-order valence-corrected chi connectivity index (χ2v) is 10.5. The Labute approximate surface area is 187 Å². The molecule has 2 aromatic carbocycles. The molecule has 4 heteroatoms. The van der Waals surface area contributed by atoms with Gasteiger partial charge in [-0.05, 0) is 60.7 Å². The van der Waals surface area contributed by atoms with Crippen molar-refractivity contribution in [1.82, 2.24) is 0 Å². The van der Waals surface area contributed by atoms with Crippen molar-refractivity contribution in [3.8, 4) is 0 Å². The van der Waals surface area contributed by atoms with Gasteiger partial charge in [0, 0.05) is 18.8 Å². The zero-order valence-corrected chi connectivity index (χ0v) is 18.5. The molecule has 31 heavy (non-hydrogen) atoms. The first-order valence-corrected chi connectivity index (χ1v) is 12.4. The van der Waals surface area contributed by atoms with E-state index in [1.54, 1.807) is 0 Å². The smallest absolute Gasteiger partial charge is 0.178 e. The van der Waals surface area contributed by atoms with Gasteiger partial charge < -0.3 is 14.4 Å². The van der Waals surface area contributed by atoms with Crippen LogP contribution in [0.4, 0.5) is 5.69 Å². The van der Waals surface area contributed by atoms with Crippen molar-refractivity contribution in [3.63, 3.8) is 0 Å². The molecule has 2 unspecified atom stereocenters. The highest BCUT2D eigenvalue weighted by atomic mass is 16.6. The van der Waals surface area contributed by atoms with Crippen molar-refractivity contribution in [2.75, 3.05) is 31.2 Å². The molecule has 2 aromatic rings. The molecule has 0 bridgehead atoms. The lowest BCUT2D eigenvalue weighted by Gasteiger charge is -2.24. The number of nitrogens with zero attached hydrogens (tertiary/aromatic N) is 1. The summed E-state index contributed by atoms with van der Waals surface area (Å²) in [5.74, 6) is 1.86. The lowest BCUT2D eigenvalue weighted by atomic mass is 9.39. The minimum atomic E-state index is 0.451. The largest absolute Gasteiger partial charge is 0.374 e. The Balaban J connectivity index is 1.08. The van der Waals surface area contributed by atoms with Crippen molar-refractivity contribution in [3.05, 3.63) is 59.7 Å². The third-order valence-electron chi connectivity index (χ3n) is 7.43. The van der Waals surface area contributed by atoms with Crippen LogP contribution >= 0.6 is 0 Å². The number of rotatable bonds is 12. The second-order valence-electron chi connectivity index (χ2n) is 10.5. The zero-order chi connectivity index (χ0) is 20.6. The van der Waals surface area contributed by atoms with Gasteiger partial charge in [0.25, 0.3) is 0 Å². The summed E-state index contributed by atoms with van der Waals surface area (Å²) < 4.78 is 11.0. The first-order chi connectivity index (χ1) is 15.3. The van der Waals surface area contributed by atoms with E-state index in [-0.39, 0.29) is 0 Å². The van der Waals surface area contributed by atoms with Crippen molar-refractivity contribution < 1.29 is 9.47 Å². The number of ether oxygens (including phenoxy) is 2. The normalized spacial score (nSPS) is 24.1. The summed E-state index contributed by atoms with van der Waals surface area (Å²) in [6.07, 6.45) is 10.2. The van der Waals surface area contributed by atoms with E-state index < -0.39 is 0 Å². The van der Waals surface area contributed by atoms with Crippen LogP contribution in [0.5, 0.6) is 0 Å². The van der Waals surface area contributed by atoms with E-state index in [9.17, 15) is 0 Å². The molecule has 0 aromatic heterocycles. The molecule has 2 aliphatic carbocycles. The Morgan fingerprint density at radius 2 is 1.32 bits per heavy atom. The molecule has 2 aliphatic heterocycles. The van der Waals surface area contributed by atoms with Crippen molar-refractivity contribution >= 4 is 17.9 Å². The molecule has 2 saturated carbocycles. The number of hydrogen-bond donors (Lipinski definition) is 0. The number of anilines is 1. The van der Waals surface area contributed by atoms with Gasteiger partial charge in [-0.2, -0.15) is 0 Å². The summed E-state index contributed by atoms with van der Waals surface area (Å²) in [6.45, 7) is 4.83. The van der Waals surface area contributed by atoms with Gasteiger partial charge in [0.15, 0.2) is 6.71 Å². The van der Waals surface area contributed by atoms with E-state index in [2.05, 4.69) is 53.4 Å². The Morgan fingerprint density at radius 3 is 1.90 bits per heavy atom. The third kappa shape index (κ3) is 5.73. The topological polar surface area (TPSA) is 28.3 Å².